The molecule has 5 N–H and O–H groups in total. The van der Waals surface area contributed by atoms with E-state index in [4.69, 9.17) is 28.7 Å². The summed E-state index contributed by atoms with van der Waals surface area (Å²) < 4.78 is 38.7. The van der Waals surface area contributed by atoms with Crippen LogP contribution in [0.5, 0.6) is 0 Å². The predicted molar refractivity (Wildman–Crippen MR) is 221 cm³/mol. The van der Waals surface area contributed by atoms with E-state index in [9.17, 15) is 29.3 Å². The van der Waals surface area contributed by atoms with Crippen molar-refractivity contribution in [3.8, 4) is 0 Å². The van der Waals surface area contributed by atoms with Crippen LogP contribution in [0.4, 0.5) is 0 Å². The number of carbonyl (C=O) groups is 2. The van der Waals surface area contributed by atoms with Crippen LogP contribution < -0.4 is 5.73 Å². The third-order valence-electron chi connectivity index (χ3n) is 9.10. The van der Waals surface area contributed by atoms with E-state index in [0.29, 0.717) is 25.7 Å². The van der Waals surface area contributed by atoms with Crippen LogP contribution in [0.15, 0.2) is 53.0 Å². The molecule has 0 amide bonds. The van der Waals surface area contributed by atoms with Gasteiger partial charge in [-0.15, -0.1) is 0 Å². The Morgan fingerprint density at radius 2 is 1.32 bits per heavy atom. The molecular formula is C43H72NO11P. The highest BCUT2D eigenvalue weighted by atomic mass is 31.2. The summed E-state index contributed by atoms with van der Waals surface area (Å²) in [5, 5.41) is 20.2. The SMILES string of the molecule is CCCCC[C@@H](O)/C=C/C=C\C/C=C\C=C\[C@@H](O)CCCC(=O)O[C@H](COC(=O)CCCCCCCCc1oc(CCC)c(C)c1C)COP(=O)(O)OCCN. The molecule has 56 heavy (non-hydrogen) atoms. The van der Waals surface area contributed by atoms with E-state index < -0.39 is 44.7 Å². The smallest absolute Gasteiger partial charge is 0.466 e. The van der Waals surface area contributed by atoms with Gasteiger partial charge >= 0.3 is 19.8 Å². The molecule has 1 aromatic heterocycles. The van der Waals surface area contributed by atoms with Crippen molar-refractivity contribution in [1.29, 1.82) is 0 Å². The fourth-order valence-electron chi connectivity index (χ4n) is 5.72. The summed E-state index contributed by atoms with van der Waals surface area (Å²) in [4.78, 5) is 34.9. The second-order valence-corrected chi connectivity index (χ2v) is 15.6. The summed E-state index contributed by atoms with van der Waals surface area (Å²) in [5.41, 5.74) is 7.87. The van der Waals surface area contributed by atoms with E-state index >= 15 is 0 Å². The number of rotatable bonds is 34. The predicted octanol–water partition coefficient (Wildman–Crippen LogP) is 8.76. The average Bonchev–Trinajstić information content (AvgIpc) is 3.43. The van der Waals surface area contributed by atoms with Gasteiger partial charge in [0.15, 0.2) is 6.10 Å². The second kappa shape index (κ2) is 32.2. The maximum atomic E-state index is 12.6. The second-order valence-electron chi connectivity index (χ2n) is 14.1. The zero-order valence-corrected chi connectivity index (χ0v) is 35.4. The number of carbonyl (C=O) groups excluding carboxylic acids is 2. The van der Waals surface area contributed by atoms with Crippen molar-refractivity contribution in [3.63, 3.8) is 0 Å². The van der Waals surface area contributed by atoms with Crippen LogP contribution >= 0.6 is 7.82 Å². The lowest BCUT2D eigenvalue weighted by atomic mass is 10.0. The molecule has 0 fully saturated rings. The molecular weight excluding hydrogens is 737 g/mol. The molecule has 13 heteroatoms. The van der Waals surface area contributed by atoms with Gasteiger partial charge in [-0.2, -0.15) is 0 Å². The number of hydrogen-bond donors (Lipinski definition) is 4. The zero-order valence-electron chi connectivity index (χ0n) is 34.5. The number of aryl methyl sites for hydroxylation is 2. The summed E-state index contributed by atoms with van der Waals surface area (Å²) in [7, 11) is -4.46. The zero-order chi connectivity index (χ0) is 41.4. The van der Waals surface area contributed by atoms with E-state index in [0.717, 1.165) is 88.6 Å². The number of esters is 2. The maximum Gasteiger partial charge on any atom is 0.472 e. The number of furan rings is 1. The molecule has 0 spiro atoms. The van der Waals surface area contributed by atoms with Crippen LogP contribution in [-0.4, -0.2) is 71.7 Å². The van der Waals surface area contributed by atoms with Crippen LogP contribution in [0, 0.1) is 13.8 Å². The third kappa shape index (κ3) is 26.2. The molecule has 0 bridgehead atoms. The molecule has 1 rings (SSSR count). The summed E-state index contributed by atoms with van der Waals surface area (Å²) in [5.74, 6) is 1.11. The Morgan fingerprint density at radius 1 is 0.732 bits per heavy atom. The molecule has 0 saturated carbocycles. The first-order valence-electron chi connectivity index (χ1n) is 20.7. The van der Waals surface area contributed by atoms with Crippen molar-refractivity contribution >= 4 is 19.8 Å². The first-order valence-corrected chi connectivity index (χ1v) is 22.2. The Morgan fingerprint density at radius 3 is 1.95 bits per heavy atom. The lowest BCUT2D eigenvalue weighted by Crippen LogP contribution is -2.29. The molecule has 1 aromatic rings. The van der Waals surface area contributed by atoms with Crippen molar-refractivity contribution in [2.75, 3.05) is 26.4 Å². The molecule has 0 aliphatic heterocycles. The lowest BCUT2D eigenvalue weighted by Gasteiger charge is -2.20. The van der Waals surface area contributed by atoms with Gasteiger partial charge in [-0.3, -0.25) is 18.6 Å². The van der Waals surface area contributed by atoms with E-state index in [1.807, 2.05) is 30.4 Å². The highest BCUT2D eigenvalue weighted by molar-refractivity contribution is 7.47. The van der Waals surface area contributed by atoms with Gasteiger partial charge in [0.1, 0.15) is 18.1 Å². The topological polar surface area (TPSA) is 188 Å². The maximum absolute atomic E-state index is 12.6. The number of phosphoric acid groups is 1. The van der Waals surface area contributed by atoms with Crippen LogP contribution in [0.25, 0.3) is 0 Å². The van der Waals surface area contributed by atoms with E-state index in [2.05, 4.69) is 27.7 Å². The Bertz CT molecular complexity index is 1370. The van der Waals surface area contributed by atoms with Crippen LogP contribution in [0.1, 0.15) is 139 Å². The Balaban J connectivity index is 2.40. The van der Waals surface area contributed by atoms with Gasteiger partial charge in [0.2, 0.25) is 0 Å². The Kier molecular flexibility index (Phi) is 29.4. The third-order valence-corrected chi connectivity index (χ3v) is 10.1. The molecule has 4 atom stereocenters. The van der Waals surface area contributed by atoms with Gasteiger partial charge in [-0.25, -0.2) is 4.57 Å². The molecule has 1 heterocycles. The van der Waals surface area contributed by atoms with E-state index in [1.165, 1.54) is 11.1 Å². The lowest BCUT2D eigenvalue weighted by molar-refractivity contribution is -0.161. The summed E-state index contributed by atoms with van der Waals surface area (Å²) in [6, 6.07) is 0. The average molecular weight is 810 g/mol. The van der Waals surface area contributed by atoms with Crippen molar-refractivity contribution in [1.82, 2.24) is 0 Å². The number of unbranched alkanes of at least 4 members (excludes halogenated alkanes) is 7. The number of nitrogens with two attached hydrogens (primary N) is 1. The van der Waals surface area contributed by atoms with Gasteiger partial charge in [0, 0.05) is 32.2 Å². The number of ether oxygens (including phenoxy) is 2. The molecule has 1 unspecified atom stereocenters. The Hall–Kier alpha value is -2.83. The highest BCUT2D eigenvalue weighted by Crippen LogP contribution is 2.43. The minimum atomic E-state index is -4.46. The number of hydrogen-bond acceptors (Lipinski definition) is 11. The van der Waals surface area contributed by atoms with Gasteiger partial charge < -0.3 is 34.7 Å². The van der Waals surface area contributed by atoms with Gasteiger partial charge in [-0.1, -0.05) is 107 Å². The number of allylic oxidation sites excluding steroid dienone is 6. The first-order chi connectivity index (χ1) is 26.9. The minimum absolute atomic E-state index is 0.00643. The van der Waals surface area contributed by atoms with Crippen LogP contribution in [0.3, 0.4) is 0 Å². The van der Waals surface area contributed by atoms with Gasteiger partial charge in [0.05, 0.1) is 25.4 Å². The fraction of sp³-hybridized carbons (Fsp3) is 0.674. The normalized spacial score (nSPS) is 14.9. The largest absolute Gasteiger partial charge is 0.472 e. The van der Waals surface area contributed by atoms with E-state index in [1.54, 1.807) is 18.2 Å². The first kappa shape index (κ1) is 51.2. The number of aliphatic hydroxyl groups is 2. The van der Waals surface area contributed by atoms with Gasteiger partial charge in [-0.05, 0) is 69.9 Å². The number of aliphatic hydroxyl groups excluding tert-OH is 2. The van der Waals surface area contributed by atoms with E-state index in [-0.39, 0.29) is 32.6 Å². The molecule has 0 aliphatic rings. The fourth-order valence-corrected chi connectivity index (χ4v) is 6.48. The number of phosphoric ester groups is 1. The van der Waals surface area contributed by atoms with Crippen molar-refractivity contribution in [2.24, 2.45) is 5.73 Å². The van der Waals surface area contributed by atoms with Crippen molar-refractivity contribution in [3.05, 3.63) is 71.3 Å². The highest BCUT2D eigenvalue weighted by Gasteiger charge is 2.26. The standard InChI is InChI=1S/C43H72NO11P/c1-5-7-17-24-37(45)25-18-13-9-8-10-14-19-26-38(46)27-22-30-43(48)54-39(34-53-56(49,50)52-32-31-44)33-51-42(47)29-21-16-12-11-15-20-28-41-36(4)35(3)40(55-41)23-6-2/h9-10,13-14,18-19,25-26,37-39,45-46H,5-8,11-12,15-17,20-24,27-34,44H2,1-4H3,(H,49,50)/b13-9-,14-10-,25-18+,26-19+/t37-,38-,39-/m1/s1. The van der Waals surface area contributed by atoms with Crippen LogP contribution in [0.2, 0.25) is 0 Å². The quantitative estimate of drug-likeness (QED) is 0.0225. The van der Waals surface area contributed by atoms with Crippen LogP contribution in [-0.2, 0) is 45.5 Å². The Labute approximate surface area is 336 Å². The monoisotopic (exact) mass is 809 g/mol. The minimum Gasteiger partial charge on any atom is -0.466 e. The molecule has 320 valence electrons. The molecule has 0 aliphatic carbocycles. The van der Waals surface area contributed by atoms with Crippen molar-refractivity contribution < 1.29 is 52.2 Å². The van der Waals surface area contributed by atoms with Gasteiger partial charge in [0.25, 0.3) is 0 Å². The summed E-state index contributed by atoms with van der Waals surface area (Å²) >= 11 is 0. The van der Waals surface area contributed by atoms with Crippen molar-refractivity contribution in [2.45, 2.75) is 162 Å². The summed E-state index contributed by atoms with van der Waals surface area (Å²) in [6.45, 7) is 7.48. The summed E-state index contributed by atoms with van der Waals surface area (Å²) in [6.07, 6.45) is 26.5. The molecule has 0 radical (unpaired) electrons. The molecule has 12 nitrogen and oxygen atoms in total. The molecule has 0 aromatic carbocycles. The molecule has 0 saturated heterocycles.